The summed E-state index contributed by atoms with van der Waals surface area (Å²) in [6.45, 7) is 7.06. The van der Waals surface area contributed by atoms with Crippen molar-refractivity contribution in [3.63, 3.8) is 0 Å². The second-order valence-corrected chi connectivity index (χ2v) is 9.87. The van der Waals surface area contributed by atoms with Gasteiger partial charge in [-0.3, -0.25) is 4.79 Å². The number of likely N-dealkylation sites (tertiary alicyclic amines) is 1. The lowest BCUT2D eigenvalue weighted by Gasteiger charge is -2.47. The van der Waals surface area contributed by atoms with E-state index < -0.39 is 0 Å². The van der Waals surface area contributed by atoms with Gasteiger partial charge in [-0.1, -0.05) is 24.6 Å². The van der Waals surface area contributed by atoms with Gasteiger partial charge in [0, 0.05) is 31.0 Å². The molecule has 1 spiro atoms. The number of piperidine rings is 2. The SMILES string of the molecule is O=C1COC2(CCN(c3ccc(OCCCN4CCCCC4)cc3)CC2)CN1c1ccccc1. The molecule has 6 heteroatoms. The topological polar surface area (TPSA) is 45.2 Å². The molecule has 0 bridgehead atoms. The van der Waals surface area contributed by atoms with Crippen molar-refractivity contribution in [2.24, 2.45) is 0 Å². The fraction of sp³-hybridized carbons (Fsp3) is 0.536. The molecular weight excluding hydrogens is 426 g/mol. The fourth-order valence-corrected chi connectivity index (χ4v) is 5.45. The number of hydrogen-bond donors (Lipinski definition) is 0. The van der Waals surface area contributed by atoms with Crippen molar-refractivity contribution in [2.75, 3.05) is 62.3 Å². The fourth-order valence-electron chi connectivity index (χ4n) is 5.45. The molecule has 3 aliphatic rings. The first-order valence-corrected chi connectivity index (χ1v) is 12.9. The maximum atomic E-state index is 12.5. The molecule has 2 aromatic carbocycles. The second-order valence-electron chi connectivity index (χ2n) is 9.87. The minimum absolute atomic E-state index is 0.0470. The molecule has 6 nitrogen and oxygen atoms in total. The van der Waals surface area contributed by atoms with Crippen LogP contribution in [0.2, 0.25) is 0 Å². The minimum Gasteiger partial charge on any atom is -0.494 e. The number of anilines is 2. The lowest BCUT2D eigenvalue weighted by molar-refractivity contribution is -0.141. The zero-order valence-electron chi connectivity index (χ0n) is 20.2. The van der Waals surface area contributed by atoms with Crippen LogP contribution in [0, 0.1) is 0 Å². The lowest BCUT2D eigenvalue weighted by atomic mass is 9.88. The van der Waals surface area contributed by atoms with Crippen LogP contribution in [-0.4, -0.2) is 68.9 Å². The zero-order valence-corrected chi connectivity index (χ0v) is 20.2. The van der Waals surface area contributed by atoms with E-state index in [9.17, 15) is 4.79 Å². The molecule has 1 amide bonds. The van der Waals surface area contributed by atoms with Crippen molar-refractivity contribution in [3.8, 4) is 5.75 Å². The summed E-state index contributed by atoms with van der Waals surface area (Å²) >= 11 is 0. The van der Waals surface area contributed by atoms with Gasteiger partial charge in [-0.05, 0) is 81.6 Å². The van der Waals surface area contributed by atoms with E-state index in [0.717, 1.165) is 56.9 Å². The molecule has 0 atom stereocenters. The molecular formula is C28H37N3O3. The van der Waals surface area contributed by atoms with Crippen LogP contribution < -0.4 is 14.5 Å². The normalized spacial score (nSPS) is 21.1. The predicted octanol–water partition coefficient (Wildman–Crippen LogP) is 4.34. The summed E-state index contributed by atoms with van der Waals surface area (Å²) in [6, 6.07) is 18.5. The van der Waals surface area contributed by atoms with Crippen LogP contribution in [0.3, 0.4) is 0 Å². The Morgan fingerprint density at radius 3 is 2.32 bits per heavy atom. The van der Waals surface area contributed by atoms with E-state index in [1.54, 1.807) is 0 Å². The van der Waals surface area contributed by atoms with E-state index in [1.165, 1.54) is 38.0 Å². The van der Waals surface area contributed by atoms with E-state index in [2.05, 4.69) is 34.1 Å². The highest BCUT2D eigenvalue weighted by atomic mass is 16.5. The summed E-state index contributed by atoms with van der Waals surface area (Å²) in [7, 11) is 0. The lowest BCUT2D eigenvalue weighted by Crippen LogP contribution is -2.59. The summed E-state index contributed by atoms with van der Waals surface area (Å²) in [5.41, 5.74) is 1.93. The number of nitrogens with zero attached hydrogens (tertiary/aromatic N) is 3. The number of morpholine rings is 1. The van der Waals surface area contributed by atoms with Gasteiger partial charge in [-0.25, -0.2) is 0 Å². The third-order valence-corrected chi connectivity index (χ3v) is 7.53. The molecule has 0 saturated carbocycles. The molecule has 3 aliphatic heterocycles. The molecule has 0 unspecified atom stereocenters. The molecule has 3 heterocycles. The maximum Gasteiger partial charge on any atom is 0.253 e. The van der Waals surface area contributed by atoms with Crippen molar-refractivity contribution >= 4 is 17.3 Å². The molecule has 3 fully saturated rings. The highest BCUT2D eigenvalue weighted by Crippen LogP contribution is 2.34. The third-order valence-electron chi connectivity index (χ3n) is 7.53. The Morgan fingerprint density at radius 1 is 0.853 bits per heavy atom. The van der Waals surface area contributed by atoms with E-state index in [0.29, 0.717) is 6.54 Å². The minimum atomic E-state index is -0.252. The molecule has 5 rings (SSSR count). The number of carbonyl (C=O) groups excluding carboxylic acids is 1. The average Bonchev–Trinajstić information content (AvgIpc) is 2.90. The van der Waals surface area contributed by atoms with Gasteiger partial charge < -0.3 is 24.2 Å². The monoisotopic (exact) mass is 463 g/mol. The van der Waals surface area contributed by atoms with E-state index in [-0.39, 0.29) is 18.1 Å². The van der Waals surface area contributed by atoms with Crippen LogP contribution in [0.15, 0.2) is 54.6 Å². The van der Waals surface area contributed by atoms with Gasteiger partial charge >= 0.3 is 0 Å². The smallest absolute Gasteiger partial charge is 0.253 e. The van der Waals surface area contributed by atoms with Crippen molar-refractivity contribution in [2.45, 2.75) is 44.1 Å². The summed E-state index contributed by atoms with van der Waals surface area (Å²) < 4.78 is 12.1. The Kier molecular flexibility index (Phi) is 7.36. The second kappa shape index (κ2) is 10.8. The predicted molar refractivity (Wildman–Crippen MR) is 136 cm³/mol. The standard InChI is InChI=1S/C28H37N3O3/c32-27-22-34-28(23-31(27)25-8-3-1-4-9-25)14-19-30(20-15-28)24-10-12-26(13-11-24)33-21-7-18-29-16-5-2-6-17-29/h1,3-4,8-13H,2,5-7,14-23H2. The van der Waals surface area contributed by atoms with Gasteiger partial charge in [0.2, 0.25) is 0 Å². The molecule has 182 valence electrons. The number of para-hydroxylation sites is 1. The Morgan fingerprint density at radius 2 is 1.59 bits per heavy atom. The van der Waals surface area contributed by atoms with Crippen LogP contribution in [0.4, 0.5) is 11.4 Å². The summed E-state index contributed by atoms with van der Waals surface area (Å²) in [4.78, 5) is 19.4. The highest BCUT2D eigenvalue weighted by molar-refractivity contribution is 5.95. The van der Waals surface area contributed by atoms with Crippen molar-refractivity contribution in [1.29, 1.82) is 0 Å². The van der Waals surface area contributed by atoms with E-state index >= 15 is 0 Å². The summed E-state index contributed by atoms with van der Waals surface area (Å²) in [5.74, 6) is 0.995. The highest BCUT2D eigenvalue weighted by Gasteiger charge is 2.42. The van der Waals surface area contributed by atoms with Crippen LogP contribution in [0.1, 0.15) is 38.5 Å². The van der Waals surface area contributed by atoms with E-state index in [4.69, 9.17) is 9.47 Å². The molecule has 0 aliphatic carbocycles. The average molecular weight is 464 g/mol. The number of hydrogen-bond acceptors (Lipinski definition) is 5. The first kappa shape index (κ1) is 23.2. The first-order chi connectivity index (χ1) is 16.7. The van der Waals surface area contributed by atoms with Crippen LogP contribution in [-0.2, 0) is 9.53 Å². The Bertz CT molecular complexity index is 920. The summed E-state index contributed by atoms with van der Waals surface area (Å²) in [5, 5.41) is 0. The number of amides is 1. The molecule has 34 heavy (non-hydrogen) atoms. The number of carbonyl (C=O) groups is 1. The summed E-state index contributed by atoms with van der Waals surface area (Å²) in [6.07, 6.45) is 6.98. The van der Waals surface area contributed by atoms with Crippen molar-refractivity contribution in [3.05, 3.63) is 54.6 Å². The van der Waals surface area contributed by atoms with Crippen LogP contribution in [0.25, 0.3) is 0 Å². The van der Waals surface area contributed by atoms with Gasteiger partial charge in [-0.15, -0.1) is 0 Å². The number of rotatable bonds is 7. The van der Waals surface area contributed by atoms with Crippen LogP contribution in [0.5, 0.6) is 5.75 Å². The van der Waals surface area contributed by atoms with E-state index in [1.807, 2.05) is 35.2 Å². The Balaban J connectivity index is 1.10. The molecule has 0 aromatic heterocycles. The largest absolute Gasteiger partial charge is 0.494 e. The first-order valence-electron chi connectivity index (χ1n) is 12.9. The van der Waals surface area contributed by atoms with Gasteiger partial charge in [-0.2, -0.15) is 0 Å². The molecule has 0 N–H and O–H groups in total. The Labute approximate surface area is 203 Å². The molecule has 2 aromatic rings. The maximum absolute atomic E-state index is 12.5. The number of ether oxygens (including phenoxy) is 2. The molecule has 3 saturated heterocycles. The quantitative estimate of drug-likeness (QED) is 0.572. The van der Waals surface area contributed by atoms with Crippen molar-refractivity contribution in [1.82, 2.24) is 4.90 Å². The van der Waals surface area contributed by atoms with Crippen molar-refractivity contribution < 1.29 is 14.3 Å². The molecule has 0 radical (unpaired) electrons. The van der Waals surface area contributed by atoms with Gasteiger partial charge in [0.05, 0.1) is 18.8 Å². The van der Waals surface area contributed by atoms with Gasteiger partial charge in [0.15, 0.2) is 0 Å². The van der Waals surface area contributed by atoms with Crippen LogP contribution >= 0.6 is 0 Å². The third kappa shape index (κ3) is 5.56. The Hall–Kier alpha value is -2.57. The zero-order chi connectivity index (χ0) is 23.2. The van der Waals surface area contributed by atoms with Gasteiger partial charge in [0.1, 0.15) is 12.4 Å². The van der Waals surface area contributed by atoms with Gasteiger partial charge in [0.25, 0.3) is 5.91 Å². The number of benzene rings is 2.